The molecule has 0 aromatic heterocycles. The van der Waals surface area contributed by atoms with E-state index in [1.54, 1.807) is 0 Å². The number of esters is 1. The predicted octanol–water partition coefficient (Wildman–Crippen LogP) is 1.42. The van der Waals surface area contributed by atoms with Gasteiger partial charge in [0.25, 0.3) is 0 Å². The second-order valence-corrected chi connectivity index (χ2v) is 4.56. The van der Waals surface area contributed by atoms with Crippen molar-refractivity contribution in [3.05, 3.63) is 0 Å². The number of piperidine rings is 1. The van der Waals surface area contributed by atoms with Gasteiger partial charge in [-0.1, -0.05) is 13.3 Å². The molecule has 80 valence electrons. The van der Waals surface area contributed by atoms with E-state index in [-0.39, 0.29) is 18.0 Å². The van der Waals surface area contributed by atoms with Gasteiger partial charge in [0.05, 0.1) is 5.92 Å². The van der Waals surface area contributed by atoms with Crippen LogP contribution in [0.3, 0.4) is 0 Å². The van der Waals surface area contributed by atoms with Crippen LogP contribution in [0.1, 0.15) is 32.6 Å². The van der Waals surface area contributed by atoms with Crippen LogP contribution in [0.15, 0.2) is 0 Å². The fourth-order valence-corrected chi connectivity index (χ4v) is 2.36. The van der Waals surface area contributed by atoms with Gasteiger partial charge in [-0.2, -0.15) is 0 Å². The van der Waals surface area contributed by atoms with Gasteiger partial charge in [0.2, 0.25) is 0 Å². The average Bonchev–Trinajstić information content (AvgIpc) is 2.47. The van der Waals surface area contributed by atoms with Crippen LogP contribution in [0.2, 0.25) is 0 Å². The Kier molecular flexibility index (Phi) is 3.06. The molecule has 2 aliphatic rings. The van der Waals surface area contributed by atoms with Crippen molar-refractivity contribution in [3.63, 3.8) is 0 Å². The van der Waals surface area contributed by atoms with Gasteiger partial charge in [-0.15, -0.1) is 0 Å². The Morgan fingerprint density at radius 2 is 2.07 bits per heavy atom. The first-order chi connectivity index (χ1) is 6.75. The summed E-state index contributed by atoms with van der Waals surface area (Å²) < 4.78 is 5.30. The summed E-state index contributed by atoms with van der Waals surface area (Å²) in [5.41, 5.74) is 0. The maximum absolute atomic E-state index is 11.2. The van der Waals surface area contributed by atoms with Crippen LogP contribution >= 0.6 is 0 Å². The van der Waals surface area contributed by atoms with Crippen molar-refractivity contribution < 1.29 is 9.53 Å². The maximum Gasteiger partial charge on any atom is 0.309 e. The monoisotopic (exact) mass is 197 g/mol. The number of carbonyl (C=O) groups is 1. The molecule has 3 heteroatoms. The van der Waals surface area contributed by atoms with E-state index in [1.165, 1.54) is 32.4 Å². The zero-order chi connectivity index (χ0) is 9.97. The molecule has 2 fully saturated rings. The van der Waals surface area contributed by atoms with Crippen molar-refractivity contribution in [1.29, 1.82) is 0 Å². The van der Waals surface area contributed by atoms with Gasteiger partial charge in [-0.3, -0.25) is 9.69 Å². The van der Waals surface area contributed by atoms with E-state index in [0.717, 1.165) is 13.0 Å². The number of hydrogen-bond acceptors (Lipinski definition) is 3. The zero-order valence-electron chi connectivity index (χ0n) is 8.87. The number of cyclic esters (lactones) is 1. The lowest BCUT2D eigenvalue weighted by atomic mass is 10.1. The van der Waals surface area contributed by atoms with Gasteiger partial charge in [0.15, 0.2) is 0 Å². The number of hydrogen-bond donors (Lipinski definition) is 0. The molecule has 0 amide bonds. The van der Waals surface area contributed by atoms with Crippen LogP contribution in [-0.4, -0.2) is 36.6 Å². The smallest absolute Gasteiger partial charge is 0.309 e. The quantitative estimate of drug-likeness (QED) is 0.627. The highest BCUT2D eigenvalue weighted by molar-refractivity contribution is 5.74. The second-order valence-electron chi connectivity index (χ2n) is 4.56. The molecular formula is C11H19NO2. The molecule has 3 nitrogen and oxygen atoms in total. The van der Waals surface area contributed by atoms with Gasteiger partial charge in [0.1, 0.15) is 6.10 Å². The number of ether oxygens (including phenoxy) is 1. The lowest BCUT2D eigenvalue weighted by molar-refractivity contribution is -0.144. The fraction of sp³-hybridized carbons (Fsp3) is 0.909. The molecular weight excluding hydrogens is 178 g/mol. The van der Waals surface area contributed by atoms with Crippen molar-refractivity contribution in [2.75, 3.05) is 19.6 Å². The maximum atomic E-state index is 11.2. The Morgan fingerprint density at radius 1 is 1.36 bits per heavy atom. The van der Waals surface area contributed by atoms with Crippen LogP contribution < -0.4 is 0 Å². The van der Waals surface area contributed by atoms with Crippen LogP contribution in [0.4, 0.5) is 0 Å². The van der Waals surface area contributed by atoms with Crippen LogP contribution in [0.5, 0.6) is 0 Å². The molecule has 2 heterocycles. The molecule has 0 bridgehead atoms. The highest BCUT2D eigenvalue weighted by atomic mass is 16.6. The van der Waals surface area contributed by atoms with Crippen LogP contribution in [0.25, 0.3) is 0 Å². The molecule has 0 N–H and O–H groups in total. The van der Waals surface area contributed by atoms with Gasteiger partial charge in [0, 0.05) is 6.54 Å². The van der Waals surface area contributed by atoms with Crippen molar-refractivity contribution in [2.24, 2.45) is 5.92 Å². The molecule has 2 saturated heterocycles. The third-order valence-electron chi connectivity index (χ3n) is 3.21. The summed E-state index contributed by atoms with van der Waals surface area (Å²) >= 11 is 0. The summed E-state index contributed by atoms with van der Waals surface area (Å²) in [6, 6.07) is 0. The van der Waals surface area contributed by atoms with E-state index in [1.807, 2.05) is 6.92 Å². The molecule has 0 spiro atoms. The molecule has 0 aliphatic carbocycles. The number of rotatable bonds is 2. The summed E-state index contributed by atoms with van der Waals surface area (Å²) in [4.78, 5) is 13.6. The van der Waals surface area contributed by atoms with Crippen molar-refractivity contribution in [2.45, 2.75) is 38.7 Å². The third kappa shape index (κ3) is 2.27. The van der Waals surface area contributed by atoms with E-state index < -0.39 is 0 Å². The number of likely N-dealkylation sites (tertiary alicyclic amines) is 1. The summed E-state index contributed by atoms with van der Waals surface area (Å²) in [6.07, 6.45) is 5.04. The van der Waals surface area contributed by atoms with E-state index in [0.29, 0.717) is 0 Å². The lowest BCUT2D eigenvalue weighted by Gasteiger charge is -2.28. The topological polar surface area (TPSA) is 29.5 Å². The predicted molar refractivity (Wildman–Crippen MR) is 54.0 cm³/mol. The largest absolute Gasteiger partial charge is 0.461 e. The van der Waals surface area contributed by atoms with Crippen molar-refractivity contribution in [3.8, 4) is 0 Å². The van der Waals surface area contributed by atoms with Crippen LogP contribution in [-0.2, 0) is 9.53 Å². The first-order valence-corrected chi connectivity index (χ1v) is 5.68. The van der Waals surface area contributed by atoms with Gasteiger partial charge in [-0.05, 0) is 32.4 Å². The normalized spacial score (nSPS) is 34.5. The summed E-state index contributed by atoms with van der Waals surface area (Å²) in [5, 5.41) is 0. The van der Waals surface area contributed by atoms with Gasteiger partial charge < -0.3 is 4.74 Å². The Morgan fingerprint density at radius 3 is 2.64 bits per heavy atom. The third-order valence-corrected chi connectivity index (χ3v) is 3.21. The molecule has 14 heavy (non-hydrogen) atoms. The number of nitrogens with zero attached hydrogens (tertiary/aromatic N) is 1. The molecule has 2 unspecified atom stereocenters. The van der Waals surface area contributed by atoms with E-state index in [4.69, 9.17) is 4.74 Å². The zero-order valence-corrected chi connectivity index (χ0v) is 8.87. The first kappa shape index (κ1) is 9.97. The Labute approximate surface area is 85.4 Å². The molecule has 2 atom stereocenters. The highest BCUT2D eigenvalue weighted by Crippen LogP contribution is 2.22. The SMILES string of the molecule is CC1CC(CN2CCCCC2)OC1=O. The Bertz CT molecular complexity index is 211. The minimum Gasteiger partial charge on any atom is -0.461 e. The lowest BCUT2D eigenvalue weighted by Crippen LogP contribution is -2.36. The minimum absolute atomic E-state index is 0.00740. The molecule has 2 rings (SSSR count). The number of carbonyl (C=O) groups excluding carboxylic acids is 1. The fourth-order valence-electron chi connectivity index (χ4n) is 2.36. The second kappa shape index (κ2) is 4.30. The van der Waals surface area contributed by atoms with Gasteiger partial charge in [-0.25, -0.2) is 0 Å². The summed E-state index contributed by atoms with van der Waals surface area (Å²) in [5.74, 6) is 0.108. The highest BCUT2D eigenvalue weighted by Gasteiger charge is 2.32. The van der Waals surface area contributed by atoms with Crippen LogP contribution in [0, 0.1) is 5.92 Å². The Hall–Kier alpha value is -0.570. The van der Waals surface area contributed by atoms with E-state index >= 15 is 0 Å². The van der Waals surface area contributed by atoms with Gasteiger partial charge >= 0.3 is 5.97 Å². The van der Waals surface area contributed by atoms with Crippen molar-refractivity contribution in [1.82, 2.24) is 4.90 Å². The van der Waals surface area contributed by atoms with E-state index in [2.05, 4.69) is 4.90 Å². The Balaban J connectivity index is 1.77. The minimum atomic E-state index is -0.00740. The van der Waals surface area contributed by atoms with E-state index in [9.17, 15) is 4.79 Å². The standard InChI is InChI=1S/C11H19NO2/c1-9-7-10(14-11(9)13)8-12-5-3-2-4-6-12/h9-10H,2-8H2,1H3. The average molecular weight is 197 g/mol. The summed E-state index contributed by atoms with van der Waals surface area (Å²) in [6.45, 7) is 5.28. The molecule has 0 aromatic carbocycles. The van der Waals surface area contributed by atoms with Crippen molar-refractivity contribution >= 4 is 5.97 Å². The first-order valence-electron chi connectivity index (χ1n) is 5.68. The molecule has 0 radical (unpaired) electrons. The molecule has 0 saturated carbocycles. The molecule has 2 aliphatic heterocycles. The molecule has 0 aromatic rings. The summed E-state index contributed by atoms with van der Waals surface area (Å²) in [7, 11) is 0.